The maximum atomic E-state index is 6.08. The zero-order chi connectivity index (χ0) is 14.8. The standard InChI is InChI=1S/C17H29NO2/c1-4-6-8-14(5-2)13-20-17-15(11-12-18)9-7-10-16(17)19-3/h7,9-10,14H,4-6,8,11-13,18H2,1-3H3. The third kappa shape index (κ3) is 5.04. The normalized spacial score (nSPS) is 12.2. The van der Waals surface area contributed by atoms with Crippen molar-refractivity contribution in [2.45, 2.75) is 46.0 Å². The van der Waals surface area contributed by atoms with Crippen LogP contribution in [0.5, 0.6) is 11.5 Å². The van der Waals surface area contributed by atoms with Gasteiger partial charge in [0.05, 0.1) is 13.7 Å². The van der Waals surface area contributed by atoms with E-state index in [9.17, 15) is 0 Å². The van der Waals surface area contributed by atoms with Crippen LogP contribution in [0.4, 0.5) is 0 Å². The lowest BCUT2D eigenvalue weighted by molar-refractivity contribution is 0.222. The molecule has 1 atom stereocenters. The average molecular weight is 279 g/mol. The molecule has 0 amide bonds. The highest BCUT2D eigenvalue weighted by molar-refractivity contribution is 5.46. The van der Waals surface area contributed by atoms with Crippen molar-refractivity contribution in [2.24, 2.45) is 11.7 Å². The number of methoxy groups -OCH3 is 1. The fourth-order valence-electron chi connectivity index (χ4n) is 2.34. The van der Waals surface area contributed by atoms with Crippen LogP contribution in [0.1, 0.15) is 45.1 Å². The quantitative estimate of drug-likeness (QED) is 0.708. The van der Waals surface area contributed by atoms with Crippen LogP contribution in [0.2, 0.25) is 0 Å². The van der Waals surface area contributed by atoms with E-state index in [-0.39, 0.29) is 0 Å². The van der Waals surface area contributed by atoms with Gasteiger partial charge in [-0.15, -0.1) is 0 Å². The molecule has 0 bridgehead atoms. The molecular weight excluding hydrogens is 250 g/mol. The summed E-state index contributed by atoms with van der Waals surface area (Å²) in [6.45, 7) is 5.84. The van der Waals surface area contributed by atoms with Crippen LogP contribution in [0.3, 0.4) is 0 Å². The van der Waals surface area contributed by atoms with Crippen LogP contribution in [-0.2, 0) is 6.42 Å². The molecule has 3 heteroatoms. The number of rotatable bonds is 10. The Morgan fingerprint density at radius 3 is 2.65 bits per heavy atom. The molecule has 1 aromatic carbocycles. The minimum absolute atomic E-state index is 0.616. The molecule has 20 heavy (non-hydrogen) atoms. The molecule has 0 aliphatic heterocycles. The van der Waals surface area contributed by atoms with E-state index in [1.807, 2.05) is 12.1 Å². The summed E-state index contributed by atoms with van der Waals surface area (Å²) < 4.78 is 11.5. The second kappa shape index (κ2) is 9.65. The number of nitrogens with two attached hydrogens (primary N) is 1. The highest BCUT2D eigenvalue weighted by atomic mass is 16.5. The molecule has 0 saturated carbocycles. The molecule has 0 heterocycles. The predicted molar refractivity (Wildman–Crippen MR) is 84.6 cm³/mol. The highest BCUT2D eigenvalue weighted by Gasteiger charge is 2.13. The van der Waals surface area contributed by atoms with Crippen LogP contribution in [-0.4, -0.2) is 20.3 Å². The molecule has 1 rings (SSSR count). The molecule has 3 nitrogen and oxygen atoms in total. The van der Waals surface area contributed by atoms with Gasteiger partial charge in [0.15, 0.2) is 11.5 Å². The van der Waals surface area contributed by atoms with Crippen molar-refractivity contribution in [1.29, 1.82) is 0 Å². The molecule has 0 saturated heterocycles. The van der Waals surface area contributed by atoms with Crippen molar-refractivity contribution in [3.8, 4) is 11.5 Å². The Labute approximate surface area is 123 Å². The van der Waals surface area contributed by atoms with Crippen molar-refractivity contribution < 1.29 is 9.47 Å². The smallest absolute Gasteiger partial charge is 0.164 e. The largest absolute Gasteiger partial charge is 0.493 e. The van der Waals surface area contributed by atoms with Crippen molar-refractivity contribution in [1.82, 2.24) is 0 Å². The van der Waals surface area contributed by atoms with E-state index in [4.69, 9.17) is 15.2 Å². The number of benzene rings is 1. The Morgan fingerprint density at radius 2 is 2.05 bits per heavy atom. The molecule has 0 aliphatic rings. The first-order valence-electron chi connectivity index (χ1n) is 7.75. The summed E-state index contributed by atoms with van der Waals surface area (Å²) in [7, 11) is 1.68. The summed E-state index contributed by atoms with van der Waals surface area (Å²) in [5.41, 5.74) is 6.81. The first kappa shape index (κ1) is 16.8. The number of unbranched alkanes of at least 4 members (excludes halogenated alkanes) is 1. The second-order valence-corrected chi connectivity index (χ2v) is 5.21. The van der Waals surface area contributed by atoms with Gasteiger partial charge in [0.25, 0.3) is 0 Å². The first-order valence-corrected chi connectivity index (χ1v) is 7.75. The van der Waals surface area contributed by atoms with Gasteiger partial charge in [-0.1, -0.05) is 45.2 Å². The molecule has 0 fully saturated rings. The van der Waals surface area contributed by atoms with Gasteiger partial charge in [-0.05, 0) is 36.9 Å². The SMILES string of the molecule is CCCCC(CC)COc1c(CCN)cccc1OC. The highest BCUT2D eigenvalue weighted by Crippen LogP contribution is 2.32. The van der Waals surface area contributed by atoms with E-state index in [1.54, 1.807) is 7.11 Å². The van der Waals surface area contributed by atoms with Gasteiger partial charge in [-0.3, -0.25) is 0 Å². The minimum atomic E-state index is 0.616. The van der Waals surface area contributed by atoms with Crippen LogP contribution >= 0.6 is 0 Å². The maximum Gasteiger partial charge on any atom is 0.164 e. The summed E-state index contributed by atoms with van der Waals surface area (Å²) in [6.07, 6.45) is 5.71. The lowest BCUT2D eigenvalue weighted by atomic mass is 10.0. The number of hydrogen-bond acceptors (Lipinski definition) is 3. The number of ether oxygens (including phenoxy) is 2. The summed E-state index contributed by atoms with van der Waals surface area (Å²) in [5.74, 6) is 2.29. The Morgan fingerprint density at radius 1 is 1.25 bits per heavy atom. The summed E-state index contributed by atoms with van der Waals surface area (Å²) >= 11 is 0. The zero-order valence-electron chi connectivity index (χ0n) is 13.2. The topological polar surface area (TPSA) is 44.5 Å². The Hall–Kier alpha value is -1.22. The van der Waals surface area contributed by atoms with E-state index >= 15 is 0 Å². The molecule has 1 unspecified atom stereocenters. The monoisotopic (exact) mass is 279 g/mol. The van der Waals surface area contributed by atoms with Gasteiger partial charge < -0.3 is 15.2 Å². The number of hydrogen-bond donors (Lipinski definition) is 1. The zero-order valence-corrected chi connectivity index (χ0v) is 13.2. The van der Waals surface area contributed by atoms with Gasteiger partial charge in [0.2, 0.25) is 0 Å². The molecular formula is C17H29NO2. The molecule has 2 N–H and O–H groups in total. The Bertz CT molecular complexity index is 379. The van der Waals surface area contributed by atoms with E-state index in [2.05, 4.69) is 19.9 Å². The van der Waals surface area contributed by atoms with Gasteiger partial charge >= 0.3 is 0 Å². The van der Waals surface area contributed by atoms with E-state index in [0.29, 0.717) is 12.5 Å². The lowest BCUT2D eigenvalue weighted by Gasteiger charge is -2.19. The summed E-state index contributed by atoms with van der Waals surface area (Å²) in [6, 6.07) is 6.01. The fraction of sp³-hybridized carbons (Fsp3) is 0.647. The van der Waals surface area contributed by atoms with Crippen LogP contribution in [0.15, 0.2) is 18.2 Å². The molecule has 0 spiro atoms. The van der Waals surface area contributed by atoms with E-state index in [1.165, 1.54) is 19.3 Å². The Balaban J connectivity index is 2.73. The molecule has 0 aliphatic carbocycles. The van der Waals surface area contributed by atoms with Crippen LogP contribution in [0.25, 0.3) is 0 Å². The summed E-state index contributed by atoms with van der Waals surface area (Å²) in [5, 5.41) is 0. The maximum absolute atomic E-state index is 6.08. The predicted octanol–water partition coefficient (Wildman–Crippen LogP) is 3.79. The molecule has 1 aromatic rings. The first-order chi connectivity index (χ1) is 9.76. The van der Waals surface area contributed by atoms with E-state index < -0.39 is 0 Å². The minimum Gasteiger partial charge on any atom is -0.493 e. The molecule has 0 radical (unpaired) electrons. The van der Waals surface area contributed by atoms with Gasteiger partial charge in [0, 0.05) is 0 Å². The van der Waals surface area contributed by atoms with Crippen LogP contribution in [0, 0.1) is 5.92 Å². The average Bonchev–Trinajstić information content (AvgIpc) is 2.48. The third-order valence-electron chi connectivity index (χ3n) is 3.70. The van der Waals surface area contributed by atoms with Crippen molar-refractivity contribution in [3.05, 3.63) is 23.8 Å². The van der Waals surface area contributed by atoms with Gasteiger partial charge in [-0.25, -0.2) is 0 Å². The fourth-order valence-corrected chi connectivity index (χ4v) is 2.34. The van der Waals surface area contributed by atoms with Crippen molar-refractivity contribution in [2.75, 3.05) is 20.3 Å². The van der Waals surface area contributed by atoms with Crippen LogP contribution < -0.4 is 15.2 Å². The Kier molecular flexibility index (Phi) is 8.12. The van der Waals surface area contributed by atoms with Crippen molar-refractivity contribution in [3.63, 3.8) is 0 Å². The van der Waals surface area contributed by atoms with E-state index in [0.717, 1.165) is 36.5 Å². The third-order valence-corrected chi connectivity index (χ3v) is 3.70. The van der Waals surface area contributed by atoms with Gasteiger partial charge in [0.1, 0.15) is 0 Å². The number of para-hydroxylation sites is 1. The summed E-state index contributed by atoms with van der Waals surface area (Å²) in [4.78, 5) is 0. The van der Waals surface area contributed by atoms with Gasteiger partial charge in [-0.2, -0.15) is 0 Å². The second-order valence-electron chi connectivity index (χ2n) is 5.21. The molecule has 114 valence electrons. The van der Waals surface area contributed by atoms with Crippen molar-refractivity contribution >= 4 is 0 Å². The lowest BCUT2D eigenvalue weighted by Crippen LogP contribution is -2.13. The molecule has 0 aromatic heterocycles.